The summed E-state index contributed by atoms with van der Waals surface area (Å²) in [5, 5.41) is 15.0. The minimum absolute atomic E-state index is 0.334. The number of aliphatic hydroxyl groups is 1. The number of carbonyl (C=O) groups excluding carboxylic acids is 3. The number of benzene rings is 2. The standard InChI is InChI=1S/C22H21N3O5/c1-11(26)18-16-17(22(24-18)14-5-3-4-6-15(14)23-21(22)29)20(28)25(19(16)27)12-7-9-13(30-2)10-8-12/h3-11,16-18,24,26H,1-2H3,(H,23,29)/p+1/t11-,16+,17-,18-,22+/m1/s1. The van der Waals surface area contributed by atoms with Crippen LogP contribution in [-0.2, 0) is 19.9 Å². The second kappa shape index (κ2) is 6.38. The Morgan fingerprint density at radius 1 is 1.10 bits per heavy atom. The Morgan fingerprint density at radius 3 is 2.47 bits per heavy atom. The van der Waals surface area contributed by atoms with Crippen LogP contribution < -0.4 is 20.3 Å². The van der Waals surface area contributed by atoms with E-state index in [2.05, 4.69) is 5.32 Å². The van der Waals surface area contributed by atoms with Crippen LogP contribution in [0.5, 0.6) is 5.75 Å². The highest BCUT2D eigenvalue weighted by Crippen LogP contribution is 2.50. The van der Waals surface area contributed by atoms with Crippen LogP contribution >= 0.6 is 0 Å². The van der Waals surface area contributed by atoms with Crippen LogP contribution in [0.15, 0.2) is 48.5 Å². The first-order valence-corrected chi connectivity index (χ1v) is 9.87. The van der Waals surface area contributed by atoms with E-state index in [1.165, 1.54) is 7.11 Å². The van der Waals surface area contributed by atoms with Crippen molar-refractivity contribution in [3.8, 4) is 5.75 Å². The second-order valence-electron chi connectivity index (χ2n) is 8.07. The van der Waals surface area contributed by atoms with E-state index in [9.17, 15) is 19.5 Å². The maximum Gasteiger partial charge on any atom is 0.291 e. The fraction of sp³-hybridized carbons (Fsp3) is 0.318. The Hall–Kier alpha value is -3.23. The van der Waals surface area contributed by atoms with E-state index >= 15 is 0 Å². The van der Waals surface area contributed by atoms with Crippen LogP contribution in [0.1, 0.15) is 12.5 Å². The van der Waals surface area contributed by atoms with Gasteiger partial charge in [0.2, 0.25) is 17.4 Å². The number of imide groups is 1. The summed E-state index contributed by atoms with van der Waals surface area (Å²) >= 11 is 0. The molecule has 5 atom stereocenters. The van der Waals surface area contributed by atoms with Crippen molar-refractivity contribution < 1.29 is 29.5 Å². The Labute approximate surface area is 172 Å². The van der Waals surface area contributed by atoms with Gasteiger partial charge in [0.1, 0.15) is 29.7 Å². The highest BCUT2D eigenvalue weighted by molar-refractivity contribution is 6.25. The molecule has 8 heteroatoms. The minimum atomic E-state index is -1.28. The molecule has 3 amide bonds. The number of nitrogens with zero attached hydrogens (tertiary/aromatic N) is 1. The fourth-order valence-corrected chi connectivity index (χ4v) is 5.27. The number of nitrogens with one attached hydrogen (secondary N) is 1. The number of methoxy groups -OCH3 is 1. The van der Waals surface area contributed by atoms with E-state index < -0.39 is 41.3 Å². The summed E-state index contributed by atoms with van der Waals surface area (Å²) in [6, 6.07) is 13.2. The van der Waals surface area contributed by atoms with Gasteiger partial charge in [-0.05, 0) is 37.3 Å². The van der Waals surface area contributed by atoms with Gasteiger partial charge in [0, 0.05) is 5.56 Å². The number of rotatable bonds is 3. The Kier molecular flexibility index (Phi) is 4.00. The molecule has 2 fully saturated rings. The van der Waals surface area contributed by atoms with Crippen molar-refractivity contribution in [2.75, 3.05) is 17.3 Å². The quantitative estimate of drug-likeness (QED) is 0.618. The maximum absolute atomic E-state index is 13.6. The third-order valence-electron chi connectivity index (χ3n) is 6.60. The van der Waals surface area contributed by atoms with Crippen molar-refractivity contribution in [1.82, 2.24) is 0 Å². The number of carbonyl (C=O) groups is 3. The summed E-state index contributed by atoms with van der Waals surface area (Å²) in [7, 11) is 1.54. The molecule has 3 heterocycles. The van der Waals surface area contributed by atoms with Crippen LogP contribution in [0.2, 0.25) is 0 Å². The summed E-state index contributed by atoms with van der Waals surface area (Å²) in [5.74, 6) is -2.27. The summed E-state index contributed by atoms with van der Waals surface area (Å²) in [4.78, 5) is 41.4. The van der Waals surface area contributed by atoms with E-state index in [1.54, 1.807) is 48.6 Å². The average Bonchev–Trinajstić information content (AvgIpc) is 3.33. The number of nitrogens with two attached hydrogens (primary N) is 1. The number of amides is 3. The van der Waals surface area contributed by atoms with Crippen LogP contribution in [0.4, 0.5) is 11.4 Å². The average molecular weight is 408 g/mol. The van der Waals surface area contributed by atoms with Crippen LogP contribution in [0.3, 0.4) is 0 Å². The van der Waals surface area contributed by atoms with Gasteiger partial charge in [-0.1, -0.05) is 18.2 Å². The molecule has 8 nitrogen and oxygen atoms in total. The lowest BCUT2D eigenvalue weighted by atomic mass is 9.76. The van der Waals surface area contributed by atoms with E-state index in [0.717, 1.165) is 4.90 Å². The zero-order valence-corrected chi connectivity index (χ0v) is 16.5. The number of quaternary nitrogens is 1. The van der Waals surface area contributed by atoms with Crippen molar-refractivity contribution >= 4 is 29.1 Å². The number of aliphatic hydroxyl groups excluding tert-OH is 1. The summed E-state index contributed by atoms with van der Waals surface area (Å²) in [5.41, 5.74) is 0.445. The number of hydrogen-bond donors (Lipinski definition) is 3. The van der Waals surface area contributed by atoms with Gasteiger partial charge >= 0.3 is 0 Å². The van der Waals surface area contributed by atoms with Gasteiger partial charge in [-0.2, -0.15) is 0 Å². The molecular weight excluding hydrogens is 386 g/mol. The maximum atomic E-state index is 13.6. The lowest BCUT2D eigenvalue weighted by Gasteiger charge is -2.27. The molecule has 3 aliphatic heterocycles. The topological polar surface area (TPSA) is 113 Å². The predicted octanol–water partition coefficient (Wildman–Crippen LogP) is -0.0252. The highest BCUT2D eigenvalue weighted by Gasteiger charge is 2.75. The van der Waals surface area contributed by atoms with Gasteiger partial charge in [0.05, 0.1) is 18.5 Å². The first-order valence-electron chi connectivity index (χ1n) is 9.87. The SMILES string of the molecule is COc1ccc(N2C(=O)[C@@H]3[C@@H]([C@@H](C)O)[NH2+][C@]4(C(=O)Nc5ccccc54)[C@H]3C2=O)cc1. The molecule has 0 aliphatic carbocycles. The molecule has 154 valence electrons. The third kappa shape index (κ3) is 2.26. The zero-order valence-electron chi connectivity index (χ0n) is 16.5. The Morgan fingerprint density at radius 2 is 1.80 bits per heavy atom. The second-order valence-corrected chi connectivity index (χ2v) is 8.07. The van der Waals surface area contributed by atoms with Crippen molar-refractivity contribution in [1.29, 1.82) is 0 Å². The molecule has 0 saturated carbocycles. The third-order valence-corrected chi connectivity index (χ3v) is 6.60. The number of ether oxygens (including phenoxy) is 1. The van der Waals surface area contributed by atoms with Crippen molar-refractivity contribution in [2.24, 2.45) is 11.8 Å². The Balaban J connectivity index is 1.65. The number of para-hydroxylation sites is 1. The normalized spacial score (nSPS) is 30.4. The summed E-state index contributed by atoms with van der Waals surface area (Å²) in [6.07, 6.45) is -0.884. The Bertz CT molecular complexity index is 1070. The molecule has 0 radical (unpaired) electrons. The number of hydrogen-bond acceptors (Lipinski definition) is 5. The fourth-order valence-electron chi connectivity index (χ4n) is 5.27. The van der Waals surface area contributed by atoms with Gasteiger partial charge in [0.15, 0.2) is 0 Å². The van der Waals surface area contributed by atoms with E-state index in [-0.39, 0.29) is 5.91 Å². The van der Waals surface area contributed by atoms with Gasteiger partial charge in [-0.3, -0.25) is 14.4 Å². The van der Waals surface area contributed by atoms with Crippen LogP contribution in [0.25, 0.3) is 0 Å². The number of anilines is 2. The van der Waals surface area contributed by atoms with Crippen molar-refractivity contribution in [2.45, 2.75) is 24.6 Å². The predicted molar refractivity (Wildman–Crippen MR) is 107 cm³/mol. The molecule has 3 aliphatic rings. The molecule has 2 saturated heterocycles. The summed E-state index contributed by atoms with van der Waals surface area (Å²) in [6.45, 7) is 1.59. The van der Waals surface area contributed by atoms with E-state index in [1.807, 2.05) is 12.1 Å². The molecule has 1 spiro atoms. The lowest BCUT2D eigenvalue weighted by molar-refractivity contribution is -0.738. The molecule has 0 unspecified atom stereocenters. The van der Waals surface area contributed by atoms with Gasteiger partial charge in [-0.15, -0.1) is 0 Å². The van der Waals surface area contributed by atoms with Gasteiger partial charge in [-0.25, -0.2) is 4.90 Å². The number of fused-ring (bicyclic) bond motifs is 4. The molecule has 4 N–H and O–H groups in total. The lowest BCUT2D eigenvalue weighted by Crippen LogP contribution is -3.00. The van der Waals surface area contributed by atoms with Crippen molar-refractivity contribution in [3.63, 3.8) is 0 Å². The molecule has 2 aromatic rings. The highest BCUT2D eigenvalue weighted by atomic mass is 16.5. The van der Waals surface area contributed by atoms with Crippen LogP contribution in [-0.4, -0.2) is 42.1 Å². The van der Waals surface area contributed by atoms with E-state index in [4.69, 9.17) is 4.74 Å². The monoisotopic (exact) mass is 408 g/mol. The zero-order chi connectivity index (χ0) is 21.2. The minimum Gasteiger partial charge on any atom is -0.497 e. The molecule has 2 aromatic carbocycles. The van der Waals surface area contributed by atoms with E-state index in [0.29, 0.717) is 22.7 Å². The van der Waals surface area contributed by atoms with Gasteiger partial charge < -0.3 is 20.5 Å². The van der Waals surface area contributed by atoms with Crippen molar-refractivity contribution in [3.05, 3.63) is 54.1 Å². The molecule has 30 heavy (non-hydrogen) atoms. The molecule has 5 rings (SSSR count). The van der Waals surface area contributed by atoms with Gasteiger partial charge in [0.25, 0.3) is 5.91 Å². The van der Waals surface area contributed by atoms with Crippen LogP contribution in [0, 0.1) is 11.8 Å². The molecule has 0 aromatic heterocycles. The summed E-state index contributed by atoms with van der Waals surface area (Å²) < 4.78 is 5.16. The molecular formula is C22H22N3O5+. The first kappa shape index (κ1) is 18.8. The first-order chi connectivity index (χ1) is 14.4. The smallest absolute Gasteiger partial charge is 0.291 e. The molecule has 0 bridgehead atoms. The largest absolute Gasteiger partial charge is 0.497 e.